The first kappa shape index (κ1) is 18.7. The number of nitrogens with zero attached hydrogens (tertiary/aromatic N) is 3. The summed E-state index contributed by atoms with van der Waals surface area (Å²) in [5.41, 5.74) is 0.835. The minimum absolute atomic E-state index is 0.0501. The maximum atomic E-state index is 12.8. The van der Waals surface area contributed by atoms with Crippen molar-refractivity contribution in [2.75, 3.05) is 33.0 Å². The van der Waals surface area contributed by atoms with Crippen LogP contribution in [0, 0.1) is 10.1 Å². The summed E-state index contributed by atoms with van der Waals surface area (Å²) >= 11 is 0. The zero-order valence-electron chi connectivity index (χ0n) is 15.0. The van der Waals surface area contributed by atoms with Crippen molar-refractivity contribution in [1.29, 1.82) is 0 Å². The molecule has 0 radical (unpaired) electrons. The van der Waals surface area contributed by atoms with Gasteiger partial charge in [-0.3, -0.25) is 15.0 Å². The average Bonchev–Trinajstić information content (AvgIpc) is 3.16. The average molecular weight is 405 g/mol. The van der Waals surface area contributed by atoms with E-state index in [0.29, 0.717) is 32.7 Å². The minimum Gasteiger partial charge on any atom is -0.454 e. The van der Waals surface area contributed by atoms with E-state index in [-0.39, 0.29) is 17.4 Å². The number of rotatable bonds is 5. The van der Waals surface area contributed by atoms with Crippen LogP contribution < -0.4 is 9.47 Å². The molecule has 0 spiro atoms. The molecule has 4 rings (SSSR count). The van der Waals surface area contributed by atoms with Crippen LogP contribution in [0.4, 0.5) is 5.69 Å². The third-order valence-corrected chi connectivity index (χ3v) is 6.74. The lowest BCUT2D eigenvalue weighted by Crippen LogP contribution is -2.48. The Bertz CT molecular complexity index is 1000. The molecule has 0 saturated carbocycles. The van der Waals surface area contributed by atoms with Gasteiger partial charge in [0.2, 0.25) is 16.8 Å². The lowest BCUT2D eigenvalue weighted by atomic mass is 10.2. The molecule has 9 nitrogen and oxygen atoms in total. The lowest BCUT2D eigenvalue weighted by molar-refractivity contribution is -0.385. The summed E-state index contributed by atoms with van der Waals surface area (Å²) in [5.74, 6) is 1.46. The topological polar surface area (TPSA) is 102 Å². The van der Waals surface area contributed by atoms with Gasteiger partial charge in [0.25, 0.3) is 5.69 Å². The van der Waals surface area contributed by atoms with E-state index in [4.69, 9.17) is 9.47 Å². The standard InChI is InChI=1S/C18H19N3O6S/c22-21(23)15-2-1-3-16(11-15)28(24,25)20-8-6-19(7-9-20)12-14-4-5-17-18(10-14)27-13-26-17/h1-5,10-11H,6-9,12-13H2. The largest absolute Gasteiger partial charge is 0.454 e. The van der Waals surface area contributed by atoms with Gasteiger partial charge in [-0.25, -0.2) is 8.42 Å². The first-order valence-corrected chi connectivity index (χ1v) is 10.2. The molecule has 2 aromatic rings. The quantitative estimate of drug-likeness (QED) is 0.552. The van der Waals surface area contributed by atoms with Crippen LogP contribution in [0.5, 0.6) is 11.5 Å². The van der Waals surface area contributed by atoms with Gasteiger partial charge in [0.05, 0.1) is 9.82 Å². The van der Waals surface area contributed by atoms with E-state index in [0.717, 1.165) is 23.1 Å². The first-order chi connectivity index (χ1) is 13.4. The van der Waals surface area contributed by atoms with Gasteiger partial charge in [0.1, 0.15) is 0 Å². The summed E-state index contributed by atoms with van der Waals surface area (Å²) in [6.45, 7) is 2.71. The normalized spacial score (nSPS) is 17.6. The molecule has 28 heavy (non-hydrogen) atoms. The molecule has 0 bridgehead atoms. The molecule has 1 saturated heterocycles. The Kier molecular flexibility index (Phi) is 4.92. The SMILES string of the molecule is O=[N+]([O-])c1cccc(S(=O)(=O)N2CCN(Cc3ccc4c(c3)OCO4)CC2)c1. The number of hydrogen-bond donors (Lipinski definition) is 0. The summed E-state index contributed by atoms with van der Waals surface area (Å²) in [5, 5.41) is 10.9. The molecule has 0 N–H and O–H groups in total. The number of sulfonamides is 1. The molecule has 0 aliphatic carbocycles. The molecule has 0 aromatic heterocycles. The van der Waals surface area contributed by atoms with Crippen molar-refractivity contribution in [2.24, 2.45) is 0 Å². The Morgan fingerprint density at radius 2 is 1.75 bits per heavy atom. The van der Waals surface area contributed by atoms with Gasteiger partial charge in [-0.15, -0.1) is 0 Å². The van der Waals surface area contributed by atoms with Crippen molar-refractivity contribution in [2.45, 2.75) is 11.4 Å². The van der Waals surface area contributed by atoms with Crippen molar-refractivity contribution < 1.29 is 22.8 Å². The Balaban J connectivity index is 1.41. The monoisotopic (exact) mass is 405 g/mol. The van der Waals surface area contributed by atoms with E-state index < -0.39 is 14.9 Å². The van der Waals surface area contributed by atoms with E-state index in [9.17, 15) is 18.5 Å². The van der Waals surface area contributed by atoms with Crippen LogP contribution in [-0.4, -0.2) is 55.5 Å². The number of nitro benzene ring substituents is 1. The summed E-state index contributed by atoms with van der Waals surface area (Å²) in [4.78, 5) is 12.4. The fraction of sp³-hybridized carbons (Fsp3) is 0.333. The van der Waals surface area contributed by atoms with Crippen molar-refractivity contribution in [3.05, 3.63) is 58.1 Å². The van der Waals surface area contributed by atoms with Crippen LogP contribution in [0.25, 0.3) is 0 Å². The third kappa shape index (κ3) is 3.66. The molecule has 1 fully saturated rings. The molecule has 10 heteroatoms. The van der Waals surface area contributed by atoms with Crippen molar-refractivity contribution in [1.82, 2.24) is 9.21 Å². The molecule has 2 aliphatic heterocycles. The number of non-ortho nitro benzene ring substituents is 1. The predicted octanol–water partition coefficient (Wildman–Crippen LogP) is 1.83. The van der Waals surface area contributed by atoms with Crippen LogP contribution >= 0.6 is 0 Å². The van der Waals surface area contributed by atoms with Crippen LogP contribution in [0.2, 0.25) is 0 Å². The second-order valence-electron chi connectivity index (χ2n) is 6.62. The Morgan fingerprint density at radius 1 is 1.00 bits per heavy atom. The minimum atomic E-state index is -3.76. The van der Waals surface area contributed by atoms with Gasteiger partial charge in [-0.05, 0) is 23.8 Å². The van der Waals surface area contributed by atoms with Crippen LogP contribution in [0.3, 0.4) is 0 Å². The number of nitro groups is 1. The molecule has 2 heterocycles. The fourth-order valence-electron chi connectivity index (χ4n) is 3.33. The van der Waals surface area contributed by atoms with Gasteiger partial charge < -0.3 is 9.47 Å². The van der Waals surface area contributed by atoms with E-state index in [2.05, 4.69) is 4.90 Å². The van der Waals surface area contributed by atoms with Crippen LogP contribution in [0.1, 0.15) is 5.56 Å². The van der Waals surface area contributed by atoms with Crippen LogP contribution in [0.15, 0.2) is 47.4 Å². The molecular weight excluding hydrogens is 386 g/mol. The molecule has 2 aromatic carbocycles. The zero-order valence-corrected chi connectivity index (χ0v) is 15.8. The maximum absolute atomic E-state index is 12.8. The molecule has 0 unspecified atom stereocenters. The molecule has 148 valence electrons. The van der Waals surface area contributed by atoms with E-state index >= 15 is 0 Å². The second kappa shape index (κ2) is 7.38. The Morgan fingerprint density at radius 3 is 2.50 bits per heavy atom. The molecular formula is C18H19N3O6S. The Labute approximate surface area is 162 Å². The van der Waals surface area contributed by atoms with Gasteiger partial charge in [-0.1, -0.05) is 12.1 Å². The highest BCUT2D eigenvalue weighted by Crippen LogP contribution is 2.33. The van der Waals surface area contributed by atoms with Gasteiger partial charge in [-0.2, -0.15) is 4.31 Å². The smallest absolute Gasteiger partial charge is 0.270 e. The highest BCUT2D eigenvalue weighted by molar-refractivity contribution is 7.89. The van der Waals surface area contributed by atoms with Crippen molar-refractivity contribution >= 4 is 15.7 Å². The van der Waals surface area contributed by atoms with E-state index in [1.165, 1.54) is 22.5 Å². The molecule has 0 atom stereocenters. The Hall–Kier alpha value is -2.69. The van der Waals surface area contributed by atoms with Gasteiger partial charge in [0.15, 0.2) is 11.5 Å². The maximum Gasteiger partial charge on any atom is 0.270 e. The number of hydrogen-bond acceptors (Lipinski definition) is 7. The predicted molar refractivity (Wildman–Crippen MR) is 99.7 cm³/mol. The highest BCUT2D eigenvalue weighted by atomic mass is 32.2. The zero-order chi connectivity index (χ0) is 19.7. The number of ether oxygens (including phenoxy) is 2. The number of fused-ring (bicyclic) bond motifs is 1. The molecule has 2 aliphatic rings. The number of piperazine rings is 1. The number of benzene rings is 2. The first-order valence-electron chi connectivity index (χ1n) is 8.79. The lowest BCUT2D eigenvalue weighted by Gasteiger charge is -2.34. The highest BCUT2D eigenvalue weighted by Gasteiger charge is 2.29. The second-order valence-corrected chi connectivity index (χ2v) is 8.56. The third-order valence-electron chi connectivity index (χ3n) is 4.84. The van der Waals surface area contributed by atoms with E-state index in [1.807, 2.05) is 18.2 Å². The van der Waals surface area contributed by atoms with Crippen LogP contribution in [-0.2, 0) is 16.6 Å². The van der Waals surface area contributed by atoms with Gasteiger partial charge >= 0.3 is 0 Å². The van der Waals surface area contributed by atoms with E-state index in [1.54, 1.807) is 0 Å². The summed E-state index contributed by atoms with van der Waals surface area (Å²) in [6, 6.07) is 11.0. The molecule has 0 amide bonds. The summed E-state index contributed by atoms with van der Waals surface area (Å²) < 4.78 is 37.7. The summed E-state index contributed by atoms with van der Waals surface area (Å²) in [6.07, 6.45) is 0. The van der Waals surface area contributed by atoms with Crippen molar-refractivity contribution in [3.63, 3.8) is 0 Å². The fourth-order valence-corrected chi connectivity index (χ4v) is 4.79. The van der Waals surface area contributed by atoms with Crippen molar-refractivity contribution in [3.8, 4) is 11.5 Å². The van der Waals surface area contributed by atoms with Gasteiger partial charge in [0, 0.05) is 44.9 Å². The summed E-state index contributed by atoms with van der Waals surface area (Å²) in [7, 11) is -3.76.